The van der Waals surface area contributed by atoms with Crippen molar-refractivity contribution in [3.63, 3.8) is 0 Å². The maximum absolute atomic E-state index is 12.5. The third kappa shape index (κ3) is 3.27. The van der Waals surface area contributed by atoms with Gasteiger partial charge in [-0.15, -0.1) is 0 Å². The van der Waals surface area contributed by atoms with E-state index in [4.69, 9.17) is 0 Å². The summed E-state index contributed by atoms with van der Waals surface area (Å²) in [4.78, 5) is 11.6. The van der Waals surface area contributed by atoms with Gasteiger partial charge in [-0.2, -0.15) is 0 Å². The Morgan fingerprint density at radius 3 is 2.52 bits per heavy atom. The van der Waals surface area contributed by atoms with Crippen LogP contribution in [0.15, 0.2) is 23.1 Å². The lowest BCUT2D eigenvalue weighted by atomic mass is 10.1. The van der Waals surface area contributed by atoms with Crippen molar-refractivity contribution in [1.29, 1.82) is 0 Å². The molecule has 0 saturated heterocycles. The van der Waals surface area contributed by atoms with Gasteiger partial charge >= 0.3 is 0 Å². The monoisotopic (exact) mass is 308 g/mol. The Morgan fingerprint density at radius 1 is 1.10 bits per heavy atom. The average molecular weight is 308 g/mol. The van der Waals surface area contributed by atoms with Gasteiger partial charge in [-0.3, -0.25) is 4.79 Å². The van der Waals surface area contributed by atoms with Crippen molar-refractivity contribution in [2.75, 3.05) is 5.32 Å². The van der Waals surface area contributed by atoms with Crippen molar-refractivity contribution in [3.8, 4) is 0 Å². The van der Waals surface area contributed by atoms with E-state index in [1.54, 1.807) is 18.2 Å². The van der Waals surface area contributed by atoms with E-state index in [0.717, 1.165) is 31.2 Å². The largest absolute Gasteiger partial charge is 0.326 e. The maximum atomic E-state index is 12.5. The van der Waals surface area contributed by atoms with E-state index in [2.05, 4.69) is 10.0 Å². The second-order valence-corrected chi connectivity index (χ2v) is 7.57. The summed E-state index contributed by atoms with van der Waals surface area (Å²) in [5.74, 6) is -0.0868. The molecule has 2 aliphatic rings. The average Bonchev–Trinajstić information content (AvgIpc) is 2.63. The zero-order valence-corrected chi connectivity index (χ0v) is 12.7. The molecule has 0 aromatic heterocycles. The molecule has 1 aromatic carbocycles. The summed E-state index contributed by atoms with van der Waals surface area (Å²) in [6.07, 6.45) is 6.60. The van der Waals surface area contributed by atoms with E-state index in [9.17, 15) is 13.2 Å². The third-order valence-electron chi connectivity index (χ3n) is 4.19. The van der Waals surface area contributed by atoms with Gasteiger partial charge in [0.1, 0.15) is 0 Å². The van der Waals surface area contributed by atoms with Crippen LogP contribution in [0.3, 0.4) is 0 Å². The fourth-order valence-corrected chi connectivity index (χ4v) is 4.41. The van der Waals surface area contributed by atoms with Crippen molar-refractivity contribution in [2.24, 2.45) is 0 Å². The summed E-state index contributed by atoms with van der Waals surface area (Å²) < 4.78 is 27.8. The minimum absolute atomic E-state index is 0.0329. The van der Waals surface area contributed by atoms with Crippen molar-refractivity contribution < 1.29 is 13.2 Å². The molecule has 0 bridgehead atoms. The van der Waals surface area contributed by atoms with Crippen molar-refractivity contribution in [3.05, 3.63) is 23.8 Å². The molecule has 21 heavy (non-hydrogen) atoms. The van der Waals surface area contributed by atoms with E-state index < -0.39 is 10.0 Å². The fraction of sp³-hybridized carbons (Fsp3) is 0.533. The molecule has 5 nitrogen and oxygen atoms in total. The predicted molar refractivity (Wildman–Crippen MR) is 80.6 cm³/mol. The Bertz CT molecular complexity index is 647. The van der Waals surface area contributed by atoms with E-state index >= 15 is 0 Å². The standard InChI is InChI=1S/C15H20N2O3S/c18-15-10-11-9-13(7-8-14(11)16-15)21(19,20)17-12-5-3-1-2-4-6-12/h7-9,12,17H,1-6,10H2,(H,16,18). The second-order valence-electron chi connectivity index (χ2n) is 5.85. The smallest absolute Gasteiger partial charge is 0.240 e. The van der Waals surface area contributed by atoms with E-state index in [1.807, 2.05) is 0 Å². The summed E-state index contributed by atoms with van der Waals surface area (Å²) in [5.41, 5.74) is 1.47. The molecule has 0 spiro atoms. The number of sulfonamides is 1. The van der Waals surface area contributed by atoms with E-state index in [1.165, 1.54) is 12.8 Å². The van der Waals surface area contributed by atoms with Gasteiger partial charge in [0.2, 0.25) is 15.9 Å². The highest BCUT2D eigenvalue weighted by molar-refractivity contribution is 7.89. The molecular weight excluding hydrogens is 288 g/mol. The maximum Gasteiger partial charge on any atom is 0.240 e. The Kier molecular flexibility index (Phi) is 3.99. The van der Waals surface area contributed by atoms with Crippen LogP contribution >= 0.6 is 0 Å². The number of hydrogen-bond acceptors (Lipinski definition) is 3. The summed E-state index contributed by atoms with van der Waals surface area (Å²) in [6.45, 7) is 0. The summed E-state index contributed by atoms with van der Waals surface area (Å²) in [7, 11) is -3.50. The quantitative estimate of drug-likeness (QED) is 0.840. The zero-order valence-electron chi connectivity index (χ0n) is 11.9. The number of hydrogen-bond donors (Lipinski definition) is 2. The molecule has 1 aromatic rings. The third-order valence-corrected chi connectivity index (χ3v) is 5.71. The minimum atomic E-state index is -3.50. The number of carbonyl (C=O) groups is 1. The van der Waals surface area contributed by atoms with Gasteiger partial charge in [0.15, 0.2) is 0 Å². The Labute approximate surface area is 125 Å². The van der Waals surface area contributed by atoms with Gasteiger partial charge < -0.3 is 5.32 Å². The van der Waals surface area contributed by atoms with Crippen LogP contribution in [0, 0.1) is 0 Å². The van der Waals surface area contributed by atoms with Gasteiger partial charge in [-0.1, -0.05) is 25.7 Å². The van der Waals surface area contributed by atoms with Crippen molar-refractivity contribution in [1.82, 2.24) is 4.72 Å². The van der Waals surface area contributed by atoms with Crippen LogP contribution in [0.1, 0.15) is 44.1 Å². The molecule has 1 aliphatic carbocycles. The first-order chi connectivity index (χ1) is 10.0. The lowest BCUT2D eigenvalue weighted by Gasteiger charge is -2.16. The van der Waals surface area contributed by atoms with Crippen LogP contribution in [-0.2, 0) is 21.2 Å². The molecule has 0 unspecified atom stereocenters. The number of fused-ring (bicyclic) bond motifs is 1. The minimum Gasteiger partial charge on any atom is -0.326 e. The van der Waals surface area contributed by atoms with Crippen LogP contribution < -0.4 is 10.0 Å². The highest BCUT2D eigenvalue weighted by Crippen LogP contribution is 2.26. The summed E-state index contributed by atoms with van der Waals surface area (Å²) in [5, 5.41) is 2.71. The molecule has 6 heteroatoms. The molecule has 114 valence electrons. The topological polar surface area (TPSA) is 75.3 Å². The van der Waals surface area contributed by atoms with Crippen molar-refractivity contribution >= 4 is 21.6 Å². The fourth-order valence-electron chi connectivity index (χ4n) is 3.06. The van der Waals surface area contributed by atoms with Crippen LogP contribution in [0.25, 0.3) is 0 Å². The highest BCUT2D eigenvalue weighted by Gasteiger charge is 2.24. The van der Waals surface area contributed by atoms with Gasteiger partial charge in [-0.25, -0.2) is 13.1 Å². The molecule has 1 saturated carbocycles. The van der Waals surface area contributed by atoms with E-state index in [0.29, 0.717) is 5.69 Å². The lowest BCUT2D eigenvalue weighted by molar-refractivity contribution is -0.115. The molecule has 1 aliphatic heterocycles. The summed E-state index contributed by atoms with van der Waals surface area (Å²) in [6, 6.07) is 4.86. The van der Waals surface area contributed by atoms with Crippen LogP contribution in [0.4, 0.5) is 5.69 Å². The van der Waals surface area contributed by atoms with Gasteiger partial charge in [0.05, 0.1) is 11.3 Å². The number of nitrogens with one attached hydrogen (secondary N) is 2. The molecule has 1 amide bonds. The molecule has 3 rings (SSSR count). The highest BCUT2D eigenvalue weighted by atomic mass is 32.2. The van der Waals surface area contributed by atoms with Gasteiger partial charge in [0.25, 0.3) is 0 Å². The second kappa shape index (κ2) is 5.77. The number of anilines is 1. The van der Waals surface area contributed by atoms with E-state index in [-0.39, 0.29) is 23.3 Å². The number of carbonyl (C=O) groups excluding carboxylic acids is 1. The number of benzene rings is 1. The van der Waals surface area contributed by atoms with Crippen LogP contribution in [0.5, 0.6) is 0 Å². The SMILES string of the molecule is O=C1Cc2cc(S(=O)(=O)NC3CCCCCC3)ccc2N1. The first kappa shape index (κ1) is 14.5. The Morgan fingerprint density at radius 2 is 1.81 bits per heavy atom. The van der Waals surface area contributed by atoms with Gasteiger partial charge in [0, 0.05) is 11.7 Å². The first-order valence-corrected chi connectivity index (χ1v) is 8.98. The molecule has 1 fully saturated rings. The van der Waals surface area contributed by atoms with Crippen LogP contribution in [0.2, 0.25) is 0 Å². The molecule has 1 heterocycles. The van der Waals surface area contributed by atoms with Crippen LogP contribution in [-0.4, -0.2) is 20.4 Å². The number of amides is 1. The van der Waals surface area contributed by atoms with Crippen molar-refractivity contribution in [2.45, 2.75) is 55.9 Å². The normalized spacial score (nSPS) is 19.9. The first-order valence-electron chi connectivity index (χ1n) is 7.50. The molecule has 0 atom stereocenters. The number of rotatable bonds is 3. The zero-order chi connectivity index (χ0) is 14.9. The molecular formula is C15H20N2O3S. The summed E-state index contributed by atoms with van der Waals surface area (Å²) >= 11 is 0. The molecule has 2 N–H and O–H groups in total. The Hall–Kier alpha value is -1.40. The predicted octanol–water partition coefficient (Wildman–Crippen LogP) is 2.18. The Balaban J connectivity index is 1.78. The molecule has 0 radical (unpaired) electrons. The van der Waals surface area contributed by atoms with Gasteiger partial charge in [-0.05, 0) is 36.6 Å². The lowest BCUT2D eigenvalue weighted by Crippen LogP contribution is -2.34.